The zero-order valence-corrected chi connectivity index (χ0v) is 17.4. The number of carbonyl (C=O) groups is 1. The Hall–Kier alpha value is -3.11. The van der Waals surface area contributed by atoms with Crippen molar-refractivity contribution in [3.8, 4) is 0 Å². The van der Waals surface area contributed by atoms with E-state index >= 15 is 0 Å². The van der Waals surface area contributed by atoms with Crippen LogP contribution in [-0.4, -0.2) is 44.1 Å². The number of nitrogens with one attached hydrogen (secondary N) is 1. The molecule has 1 aliphatic rings. The molecule has 31 heavy (non-hydrogen) atoms. The molecule has 10 heteroatoms. The van der Waals surface area contributed by atoms with Crippen molar-refractivity contribution in [2.45, 2.75) is 17.5 Å². The summed E-state index contributed by atoms with van der Waals surface area (Å²) in [5.74, 6) is -2.75. The molecule has 0 spiro atoms. The van der Waals surface area contributed by atoms with Gasteiger partial charge >= 0.3 is 0 Å². The van der Waals surface area contributed by atoms with Crippen LogP contribution in [0.1, 0.15) is 27.7 Å². The maximum atomic E-state index is 14.0. The lowest BCUT2D eigenvalue weighted by Crippen LogP contribution is -2.37. The first-order valence-electron chi connectivity index (χ1n) is 9.26. The summed E-state index contributed by atoms with van der Waals surface area (Å²) < 4.78 is 56.9. The Labute approximate surface area is 176 Å². The van der Waals surface area contributed by atoms with Crippen LogP contribution >= 0.6 is 0 Å². The van der Waals surface area contributed by atoms with Crippen molar-refractivity contribution in [2.75, 3.05) is 19.9 Å². The van der Waals surface area contributed by atoms with Gasteiger partial charge in [0.25, 0.3) is 11.5 Å². The lowest BCUT2D eigenvalue weighted by molar-refractivity contribution is 0.0335. The Kier molecular flexibility index (Phi) is 5.14. The number of likely N-dealkylation sites (N-methyl/N-ethyl adjacent to an activating group) is 1. The summed E-state index contributed by atoms with van der Waals surface area (Å²) >= 11 is 0. The van der Waals surface area contributed by atoms with Crippen LogP contribution in [0.3, 0.4) is 0 Å². The number of halogens is 2. The van der Waals surface area contributed by atoms with Crippen LogP contribution in [0.5, 0.6) is 0 Å². The number of carbonyl (C=O) groups excluding carboxylic acids is 1. The van der Waals surface area contributed by atoms with Gasteiger partial charge in [-0.25, -0.2) is 17.2 Å². The Bertz CT molecular complexity index is 1380. The van der Waals surface area contributed by atoms with Gasteiger partial charge in [-0.2, -0.15) is 0 Å². The third-order valence-electron chi connectivity index (χ3n) is 5.34. The maximum absolute atomic E-state index is 14.0. The van der Waals surface area contributed by atoms with Crippen molar-refractivity contribution in [1.82, 2.24) is 9.88 Å². The molecule has 1 atom stereocenters. The fraction of sp³-hybridized carbons (Fsp3) is 0.238. The number of hydrogen-bond acceptors (Lipinski definition) is 5. The first-order chi connectivity index (χ1) is 14.6. The number of fused-ring (bicyclic) bond motifs is 3. The largest absolute Gasteiger partial charge is 0.373 e. The topological polar surface area (TPSA) is 96.5 Å². The number of pyridine rings is 1. The first-order valence-corrected chi connectivity index (χ1v) is 11.2. The van der Waals surface area contributed by atoms with Crippen LogP contribution in [0, 0.1) is 11.6 Å². The van der Waals surface area contributed by atoms with Crippen LogP contribution in [-0.2, 0) is 21.2 Å². The third-order valence-corrected chi connectivity index (χ3v) is 6.45. The molecule has 0 fully saturated rings. The Morgan fingerprint density at radius 1 is 1.16 bits per heavy atom. The normalized spacial score (nSPS) is 16.2. The maximum Gasteiger partial charge on any atom is 0.256 e. The fourth-order valence-corrected chi connectivity index (χ4v) is 4.42. The summed E-state index contributed by atoms with van der Waals surface area (Å²) in [5, 5.41) is 0.153. The number of hydrogen-bond donors (Lipinski definition) is 1. The minimum Gasteiger partial charge on any atom is -0.373 e. The van der Waals surface area contributed by atoms with E-state index < -0.39 is 39.0 Å². The summed E-state index contributed by atoms with van der Waals surface area (Å²) in [4.78, 5) is 29.4. The number of ether oxygens (including phenoxy) is 1. The molecule has 0 saturated carbocycles. The zero-order chi connectivity index (χ0) is 22.5. The van der Waals surface area contributed by atoms with Gasteiger partial charge in [0.15, 0.2) is 21.5 Å². The molecular formula is C21H18F2N2O5S. The highest BCUT2D eigenvalue weighted by molar-refractivity contribution is 7.90. The number of amides is 1. The zero-order valence-electron chi connectivity index (χ0n) is 16.6. The van der Waals surface area contributed by atoms with E-state index in [1.807, 2.05) is 0 Å². The number of benzene rings is 2. The lowest BCUT2D eigenvalue weighted by atomic mass is 9.95. The molecule has 162 valence electrons. The van der Waals surface area contributed by atoms with Gasteiger partial charge in [-0.3, -0.25) is 9.59 Å². The standard InChI is InChI=1S/C21H18F2N2O5S/c1-25(21(27)11-4-3-5-12(6-11)31(2,28)29)18-10-30-9-17-19(18)13-7-15(22)16(23)8-14(13)20(26)24-17/h3-8,18H,9-10H2,1-2H3,(H,24,26)/t18-/m0/s1. The van der Waals surface area contributed by atoms with Crippen molar-refractivity contribution >= 4 is 26.5 Å². The van der Waals surface area contributed by atoms with E-state index in [4.69, 9.17) is 4.74 Å². The summed E-state index contributed by atoms with van der Waals surface area (Å²) in [6, 6.07) is 6.67. The molecule has 1 aliphatic heterocycles. The Morgan fingerprint density at radius 3 is 2.52 bits per heavy atom. The molecule has 1 aromatic heterocycles. The highest BCUT2D eigenvalue weighted by Crippen LogP contribution is 2.34. The fourth-order valence-electron chi connectivity index (χ4n) is 3.75. The molecule has 0 bridgehead atoms. The van der Waals surface area contributed by atoms with Gasteiger partial charge in [0.2, 0.25) is 0 Å². The van der Waals surface area contributed by atoms with Gasteiger partial charge in [0.05, 0.1) is 29.5 Å². The van der Waals surface area contributed by atoms with Crippen molar-refractivity contribution in [3.05, 3.63) is 75.2 Å². The first kappa shape index (κ1) is 21.1. The molecule has 2 aromatic carbocycles. The summed E-state index contributed by atoms with van der Waals surface area (Å²) in [6.45, 7) is 0.0999. The minimum absolute atomic E-state index is 0.000583. The van der Waals surface area contributed by atoms with Crippen LogP contribution in [0.4, 0.5) is 8.78 Å². The summed E-state index contributed by atoms with van der Waals surface area (Å²) in [6.07, 6.45) is 1.04. The van der Waals surface area contributed by atoms with Gasteiger partial charge in [0.1, 0.15) is 0 Å². The van der Waals surface area contributed by atoms with E-state index in [0.29, 0.717) is 11.3 Å². The van der Waals surface area contributed by atoms with Crippen LogP contribution in [0.15, 0.2) is 46.1 Å². The average molecular weight is 448 g/mol. The van der Waals surface area contributed by atoms with Crippen molar-refractivity contribution in [3.63, 3.8) is 0 Å². The highest BCUT2D eigenvalue weighted by Gasteiger charge is 2.31. The second kappa shape index (κ2) is 7.54. The molecule has 1 N–H and O–H groups in total. The number of rotatable bonds is 3. The van der Waals surface area contributed by atoms with E-state index in [1.54, 1.807) is 0 Å². The highest BCUT2D eigenvalue weighted by atomic mass is 32.2. The molecule has 0 aliphatic carbocycles. The molecule has 2 heterocycles. The molecule has 0 radical (unpaired) electrons. The minimum atomic E-state index is -3.51. The smallest absolute Gasteiger partial charge is 0.256 e. The number of aromatic nitrogens is 1. The molecule has 3 aromatic rings. The predicted octanol–water partition coefficient (Wildman–Crippen LogP) is 2.55. The van der Waals surface area contributed by atoms with Gasteiger partial charge in [-0.15, -0.1) is 0 Å². The third kappa shape index (κ3) is 3.72. The van der Waals surface area contributed by atoms with Gasteiger partial charge < -0.3 is 14.6 Å². The molecule has 1 amide bonds. The summed E-state index contributed by atoms with van der Waals surface area (Å²) in [5.41, 5.74) is 0.370. The molecule has 0 unspecified atom stereocenters. The lowest BCUT2D eigenvalue weighted by Gasteiger charge is -2.34. The number of aromatic amines is 1. The van der Waals surface area contributed by atoms with Crippen LogP contribution in [0.2, 0.25) is 0 Å². The number of sulfone groups is 1. The van der Waals surface area contributed by atoms with Crippen molar-refractivity contribution in [2.24, 2.45) is 0 Å². The van der Waals surface area contributed by atoms with E-state index in [9.17, 15) is 26.8 Å². The Balaban J connectivity index is 1.83. The Morgan fingerprint density at radius 2 is 1.84 bits per heavy atom. The van der Waals surface area contributed by atoms with Crippen molar-refractivity contribution < 1.29 is 26.7 Å². The van der Waals surface area contributed by atoms with E-state index in [1.165, 1.54) is 36.2 Å². The van der Waals surface area contributed by atoms with Gasteiger partial charge in [0, 0.05) is 30.1 Å². The molecule has 4 rings (SSSR count). The van der Waals surface area contributed by atoms with E-state index in [2.05, 4.69) is 4.98 Å². The molecule has 7 nitrogen and oxygen atoms in total. The monoisotopic (exact) mass is 448 g/mol. The number of nitrogens with zero attached hydrogens (tertiary/aromatic N) is 1. The summed E-state index contributed by atoms with van der Waals surface area (Å²) in [7, 11) is -2.02. The quantitative estimate of drug-likeness (QED) is 0.664. The molecular weight excluding hydrogens is 430 g/mol. The van der Waals surface area contributed by atoms with E-state index in [-0.39, 0.29) is 34.4 Å². The SMILES string of the molecule is CN(C(=O)c1cccc(S(C)(=O)=O)c1)[C@H]1COCc2[nH]c(=O)c3cc(F)c(F)cc3c21. The van der Waals surface area contributed by atoms with Crippen molar-refractivity contribution in [1.29, 1.82) is 0 Å². The number of H-pyrrole nitrogens is 1. The average Bonchev–Trinajstić information content (AvgIpc) is 2.73. The van der Waals surface area contributed by atoms with Crippen LogP contribution in [0.25, 0.3) is 10.8 Å². The second-order valence-electron chi connectivity index (χ2n) is 7.41. The molecule has 0 saturated heterocycles. The van der Waals surface area contributed by atoms with Crippen LogP contribution < -0.4 is 5.56 Å². The second-order valence-corrected chi connectivity index (χ2v) is 9.42. The van der Waals surface area contributed by atoms with Gasteiger partial charge in [-0.05, 0) is 35.7 Å². The van der Waals surface area contributed by atoms with Gasteiger partial charge in [-0.1, -0.05) is 6.07 Å². The van der Waals surface area contributed by atoms with E-state index in [0.717, 1.165) is 18.4 Å². The predicted molar refractivity (Wildman–Crippen MR) is 109 cm³/mol.